The van der Waals surface area contributed by atoms with Crippen LogP contribution in [0.2, 0.25) is 0 Å². The second-order valence-corrected chi connectivity index (χ2v) is 5.04. The molecule has 1 saturated heterocycles. The van der Waals surface area contributed by atoms with Gasteiger partial charge in [-0.15, -0.1) is 0 Å². The van der Waals surface area contributed by atoms with E-state index in [-0.39, 0.29) is 10.7 Å². The Kier molecular flexibility index (Phi) is 3.58. The van der Waals surface area contributed by atoms with Crippen LogP contribution in [0.5, 0.6) is 0 Å². The quantitative estimate of drug-likeness (QED) is 0.486. The first-order chi connectivity index (χ1) is 8.49. The van der Waals surface area contributed by atoms with Crippen molar-refractivity contribution >= 4 is 51.2 Å². The Morgan fingerprint density at radius 1 is 1.28 bits per heavy atom. The van der Waals surface area contributed by atoms with E-state index in [1.54, 1.807) is 6.08 Å². The van der Waals surface area contributed by atoms with Gasteiger partial charge < -0.3 is 0 Å². The number of benzene rings is 1. The van der Waals surface area contributed by atoms with Crippen LogP contribution in [-0.4, -0.2) is 28.9 Å². The number of likely N-dealkylation sites (N-methyl/N-ethyl adjacent to an activating group) is 1. The van der Waals surface area contributed by atoms with Gasteiger partial charge >= 0.3 is 0 Å². The average Bonchev–Trinajstić information content (AvgIpc) is 2.34. The molecule has 92 valence electrons. The molecule has 0 bridgehead atoms. The summed E-state index contributed by atoms with van der Waals surface area (Å²) in [6, 6.07) is 7.30. The van der Waals surface area contributed by atoms with Gasteiger partial charge in [-0.1, -0.05) is 28.1 Å². The maximum absolute atomic E-state index is 11.9. The molecule has 1 fully saturated rings. The van der Waals surface area contributed by atoms with Crippen molar-refractivity contribution in [2.45, 2.75) is 0 Å². The minimum atomic E-state index is -0.467. The lowest BCUT2D eigenvalue weighted by atomic mass is 10.1. The fourth-order valence-corrected chi connectivity index (χ4v) is 1.91. The SMILES string of the molecule is CN1C(=O)/C(=C/c2ccc(Br)cc2)C(=O)NC1=S. The lowest BCUT2D eigenvalue weighted by Crippen LogP contribution is -2.52. The molecule has 18 heavy (non-hydrogen) atoms. The van der Waals surface area contributed by atoms with Crippen LogP contribution in [0.15, 0.2) is 34.3 Å². The van der Waals surface area contributed by atoms with E-state index in [0.29, 0.717) is 0 Å². The number of hydrogen-bond donors (Lipinski definition) is 1. The topological polar surface area (TPSA) is 49.4 Å². The van der Waals surface area contributed by atoms with Gasteiger partial charge in [-0.05, 0) is 36.0 Å². The summed E-state index contributed by atoms with van der Waals surface area (Å²) in [5.41, 5.74) is 0.853. The zero-order valence-electron chi connectivity index (χ0n) is 9.44. The maximum atomic E-state index is 11.9. The van der Waals surface area contributed by atoms with E-state index < -0.39 is 11.8 Å². The first kappa shape index (κ1) is 12.9. The van der Waals surface area contributed by atoms with Crippen LogP contribution in [0.3, 0.4) is 0 Å². The summed E-state index contributed by atoms with van der Waals surface area (Å²) in [4.78, 5) is 24.9. The van der Waals surface area contributed by atoms with Gasteiger partial charge in [0.25, 0.3) is 11.8 Å². The van der Waals surface area contributed by atoms with Crippen LogP contribution in [0.25, 0.3) is 6.08 Å². The van der Waals surface area contributed by atoms with Crippen LogP contribution in [0.4, 0.5) is 0 Å². The second kappa shape index (κ2) is 4.99. The fraction of sp³-hybridized carbons (Fsp3) is 0.0833. The van der Waals surface area contributed by atoms with Crippen molar-refractivity contribution in [3.05, 3.63) is 39.9 Å². The Morgan fingerprint density at radius 2 is 1.89 bits per heavy atom. The van der Waals surface area contributed by atoms with Crippen molar-refractivity contribution in [3.63, 3.8) is 0 Å². The molecule has 0 unspecified atom stereocenters. The highest BCUT2D eigenvalue weighted by atomic mass is 79.9. The molecule has 1 N–H and O–H groups in total. The smallest absolute Gasteiger partial charge is 0.265 e. The summed E-state index contributed by atoms with van der Waals surface area (Å²) >= 11 is 8.18. The molecule has 0 aliphatic carbocycles. The minimum absolute atomic E-state index is 0.0772. The maximum Gasteiger partial charge on any atom is 0.265 e. The lowest BCUT2D eigenvalue weighted by molar-refractivity contribution is -0.128. The first-order valence-corrected chi connectivity index (χ1v) is 6.30. The zero-order valence-corrected chi connectivity index (χ0v) is 11.8. The number of nitrogens with zero attached hydrogens (tertiary/aromatic N) is 1. The molecule has 4 nitrogen and oxygen atoms in total. The van der Waals surface area contributed by atoms with Gasteiger partial charge in [0.2, 0.25) is 0 Å². The molecule has 0 aromatic heterocycles. The van der Waals surface area contributed by atoms with E-state index >= 15 is 0 Å². The van der Waals surface area contributed by atoms with E-state index in [9.17, 15) is 9.59 Å². The van der Waals surface area contributed by atoms with Crippen molar-refractivity contribution in [1.29, 1.82) is 0 Å². The number of halogens is 1. The highest BCUT2D eigenvalue weighted by Crippen LogP contribution is 2.16. The van der Waals surface area contributed by atoms with Gasteiger partial charge in [0.1, 0.15) is 5.57 Å². The predicted octanol–water partition coefficient (Wildman–Crippen LogP) is 1.71. The standard InChI is InChI=1S/C12H9BrN2O2S/c1-15-11(17)9(10(16)14-12(15)18)6-7-2-4-8(13)5-3-7/h2-6H,1H3,(H,14,16,18)/b9-6+. The van der Waals surface area contributed by atoms with E-state index in [4.69, 9.17) is 12.2 Å². The average molecular weight is 325 g/mol. The van der Waals surface area contributed by atoms with Crippen molar-refractivity contribution < 1.29 is 9.59 Å². The van der Waals surface area contributed by atoms with Gasteiger partial charge in [-0.25, -0.2) is 0 Å². The number of carbonyl (C=O) groups is 2. The van der Waals surface area contributed by atoms with Gasteiger partial charge in [0.05, 0.1) is 0 Å². The molecule has 0 atom stereocenters. The van der Waals surface area contributed by atoms with Gasteiger partial charge in [0.15, 0.2) is 5.11 Å². The third-order valence-corrected chi connectivity index (χ3v) is 3.39. The Morgan fingerprint density at radius 3 is 2.50 bits per heavy atom. The fourth-order valence-electron chi connectivity index (χ4n) is 1.47. The van der Waals surface area contributed by atoms with E-state index in [1.807, 2.05) is 24.3 Å². The molecule has 0 radical (unpaired) electrons. The van der Waals surface area contributed by atoms with Crippen LogP contribution in [0, 0.1) is 0 Å². The van der Waals surface area contributed by atoms with Crippen molar-refractivity contribution in [2.24, 2.45) is 0 Å². The molecule has 6 heteroatoms. The van der Waals surface area contributed by atoms with Crippen molar-refractivity contribution in [3.8, 4) is 0 Å². The van der Waals surface area contributed by atoms with Gasteiger partial charge in [-0.2, -0.15) is 0 Å². The Hall–Kier alpha value is -1.53. The monoisotopic (exact) mass is 324 g/mol. The zero-order chi connectivity index (χ0) is 13.3. The van der Waals surface area contributed by atoms with E-state index in [2.05, 4.69) is 21.2 Å². The Bertz CT molecular complexity index is 566. The molecule has 1 aromatic rings. The molecular formula is C12H9BrN2O2S. The number of nitrogens with one attached hydrogen (secondary N) is 1. The van der Waals surface area contributed by atoms with E-state index in [0.717, 1.165) is 10.0 Å². The highest BCUT2D eigenvalue weighted by Gasteiger charge is 2.30. The third-order valence-electron chi connectivity index (χ3n) is 2.49. The summed E-state index contributed by atoms with van der Waals surface area (Å²) in [6.45, 7) is 0. The van der Waals surface area contributed by atoms with Gasteiger partial charge in [0, 0.05) is 11.5 Å². The van der Waals surface area contributed by atoms with Crippen molar-refractivity contribution in [2.75, 3.05) is 7.05 Å². The summed E-state index contributed by atoms with van der Waals surface area (Å²) in [5.74, 6) is -0.863. The first-order valence-electron chi connectivity index (χ1n) is 5.09. The largest absolute Gasteiger partial charge is 0.298 e. The lowest BCUT2D eigenvalue weighted by Gasteiger charge is -2.24. The number of carbonyl (C=O) groups excluding carboxylic acids is 2. The molecule has 2 amide bonds. The summed E-state index contributed by atoms with van der Waals surface area (Å²) in [6.07, 6.45) is 1.54. The van der Waals surface area contributed by atoms with E-state index in [1.165, 1.54) is 11.9 Å². The normalized spacial score (nSPS) is 18.2. The summed E-state index contributed by atoms with van der Waals surface area (Å²) in [5, 5.41) is 2.58. The Balaban J connectivity index is 2.37. The molecule has 1 aliphatic heterocycles. The number of thiocarbonyl (C=S) groups is 1. The number of hydrogen-bond acceptors (Lipinski definition) is 3. The number of amides is 2. The van der Waals surface area contributed by atoms with Crippen LogP contribution in [-0.2, 0) is 9.59 Å². The van der Waals surface area contributed by atoms with Crippen molar-refractivity contribution in [1.82, 2.24) is 10.2 Å². The molecule has 0 saturated carbocycles. The Labute approximate surface area is 118 Å². The minimum Gasteiger partial charge on any atom is -0.298 e. The number of rotatable bonds is 1. The molecule has 0 spiro atoms. The molecular weight excluding hydrogens is 316 g/mol. The molecule has 1 aliphatic rings. The summed E-state index contributed by atoms with van der Waals surface area (Å²) in [7, 11) is 1.53. The molecule has 2 rings (SSSR count). The van der Waals surface area contributed by atoms with Gasteiger partial charge in [-0.3, -0.25) is 19.8 Å². The predicted molar refractivity (Wildman–Crippen MR) is 75.6 cm³/mol. The van der Waals surface area contributed by atoms with Crippen LogP contribution in [0.1, 0.15) is 5.56 Å². The highest BCUT2D eigenvalue weighted by molar-refractivity contribution is 9.10. The molecule has 1 aromatic carbocycles. The molecule has 1 heterocycles. The summed E-state index contributed by atoms with van der Waals surface area (Å²) < 4.78 is 0.933. The van der Waals surface area contributed by atoms with Crippen LogP contribution < -0.4 is 5.32 Å². The third kappa shape index (κ3) is 2.49. The second-order valence-electron chi connectivity index (χ2n) is 3.73. The van der Waals surface area contributed by atoms with Crippen LogP contribution >= 0.6 is 28.1 Å².